The molecule has 12 heteroatoms. The van der Waals surface area contributed by atoms with Gasteiger partial charge in [-0.15, -0.1) is 0 Å². The van der Waals surface area contributed by atoms with Gasteiger partial charge in [-0.1, -0.05) is 0 Å². The van der Waals surface area contributed by atoms with Gasteiger partial charge in [-0.3, -0.25) is 10.9 Å². The van der Waals surface area contributed by atoms with Crippen molar-refractivity contribution in [3.05, 3.63) is 21.1 Å². The fourth-order valence-corrected chi connectivity index (χ4v) is 1.60. The predicted octanol–water partition coefficient (Wildman–Crippen LogP) is 2.11. The van der Waals surface area contributed by atoms with Crippen molar-refractivity contribution >= 4 is 58.3 Å². The second-order valence-electron chi connectivity index (χ2n) is 2.64. The van der Waals surface area contributed by atoms with Crippen LogP contribution in [0.5, 0.6) is 0 Å². The van der Waals surface area contributed by atoms with E-state index in [-0.39, 0.29) is 33.0 Å². The van der Waals surface area contributed by atoms with Crippen LogP contribution in [0.3, 0.4) is 0 Å². The molecule has 0 aliphatic heterocycles. The van der Waals surface area contributed by atoms with E-state index >= 15 is 0 Å². The Bertz CT molecular complexity index is 486. The normalized spacial score (nSPS) is 10.2. The van der Waals surface area contributed by atoms with Crippen molar-refractivity contribution < 1.29 is 0 Å². The maximum absolute atomic E-state index is 5.58. The van der Waals surface area contributed by atoms with Crippen LogP contribution in [0.25, 0.3) is 0 Å². The molecule has 0 radical (unpaired) electrons. The van der Waals surface area contributed by atoms with Gasteiger partial charge in [0.15, 0.2) is 0 Å². The summed E-state index contributed by atoms with van der Waals surface area (Å²) in [4.78, 5) is 22.1. The molecule has 0 spiro atoms. The molecule has 0 atom stereocenters. The number of hydrogen-bond acceptors (Lipinski definition) is 8. The summed E-state index contributed by atoms with van der Waals surface area (Å²) in [6.45, 7) is 0. The summed E-state index contributed by atoms with van der Waals surface area (Å²) in [5.74, 6) is 0.153. The molecule has 0 aliphatic rings. The summed E-state index contributed by atoms with van der Waals surface area (Å²) in [5.41, 5.74) is 5.09. The minimum atomic E-state index is -0.0639. The molecule has 0 saturated heterocycles. The number of halogens is 4. The van der Waals surface area contributed by atoms with Crippen LogP contribution in [0.15, 0.2) is 0 Å². The first-order valence-corrected chi connectivity index (χ1v) is 5.70. The number of aromatic nitrogens is 6. The Morgan fingerprint density at radius 1 is 0.500 bits per heavy atom. The van der Waals surface area contributed by atoms with Crippen LogP contribution >= 0.6 is 46.4 Å². The summed E-state index contributed by atoms with van der Waals surface area (Å²) in [6.07, 6.45) is 0. The number of nitrogens with one attached hydrogen (secondary N) is 2. The third kappa shape index (κ3) is 3.64. The molecule has 2 N–H and O–H groups in total. The van der Waals surface area contributed by atoms with E-state index in [1.165, 1.54) is 0 Å². The zero-order chi connectivity index (χ0) is 13.1. The molecule has 0 amide bonds. The van der Waals surface area contributed by atoms with Crippen molar-refractivity contribution in [1.82, 2.24) is 29.9 Å². The van der Waals surface area contributed by atoms with Crippen LogP contribution in [0.4, 0.5) is 11.9 Å². The molecule has 0 aromatic carbocycles. The Morgan fingerprint density at radius 2 is 0.778 bits per heavy atom. The minimum Gasteiger partial charge on any atom is -0.265 e. The Balaban J connectivity index is 2.11. The maximum atomic E-state index is 5.58. The van der Waals surface area contributed by atoms with Crippen LogP contribution in [-0.2, 0) is 0 Å². The smallest absolute Gasteiger partial charge is 0.247 e. The fourth-order valence-electron chi connectivity index (χ4n) is 0.875. The zero-order valence-corrected chi connectivity index (χ0v) is 11.2. The van der Waals surface area contributed by atoms with Gasteiger partial charge in [0, 0.05) is 0 Å². The van der Waals surface area contributed by atoms with Gasteiger partial charge in [-0.25, -0.2) is 0 Å². The lowest BCUT2D eigenvalue weighted by atomic mass is 10.9. The number of hydrazine groups is 1. The van der Waals surface area contributed by atoms with Crippen molar-refractivity contribution in [2.45, 2.75) is 0 Å². The Labute approximate surface area is 120 Å². The van der Waals surface area contributed by atoms with E-state index < -0.39 is 0 Å². The van der Waals surface area contributed by atoms with Gasteiger partial charge in [0.1, 0.15) is 0 Å². The summed E-state index contributed by atoms with van der Waals surface area (Å²) >= 11 is 22.3. The first kappa shape index (κ1) is 13.2. The lowest BCUT2D eigenvalue weighted by Gasteiger charge is -2.06. The van der Waals surface area contributed by atoms with Crippen molar-refractivity contribution in [2.75, 3.05) is 10.9 Å². The highest BCUT2D eigenvalue weighted by atomic mass is 35.5. The molecule has 2 rings (SSSR count). The molecule has 0 unspecified atom stereocenters. The topological polar surface area (TPSA) is 101 Å². The zero-order valence-electron chi connectivity index (χ0n) is 8.20. The van der Waals surface area contributed by atoms with Gasteiger partial charge < -0.3 is 0 Å². The molecular formula is C6H2Cl4N8. The summed E-state index contributed by atoms with van der Waals surface area (Å²) in [7, 11) is 0. The molecule has 2 aromatic rings. The first-order chi connectivity index (χ1) is 8.52. The summed E-state index contributed by atoms with van der Waals surface area (Å²) in [6, 6.07) is 0. The summed E-state index contributed by atoms with van der Waals surface area (Å²) in [5, 5.41) is -0.256. The molecule has 0 fully saturated rings. The van der Waals surface area contributed by atoms with Crippen LogP contribution in [-0.4, -0.2) is 29.9 Å². The highest BCUT2D eigenvalue weighted by molar-refractivity contribution is 6.31. The van der Waals surface area contributed by atoms with E-state index in [9.17, 15) is 0 Å². The number of anilines is 2. The van der Waals surface area contributed by atoms with Crippen LogP contribution in [0, 0.1) is 0 Å². The molecule has 94 valence electrons. The molecule has 8 nitrogen and oxygen atoms in total. The van der Waals surface area contributed by atoms with E-state index in [4.69, 9.17) is 46.4 Å². The van der Waals surface area contributed by atoms with Crippen molar-refractivity contribution in [1.29, 1.82) is 0 Å². The number of nitrogens with zero attached hydrogens (tertiary/aromatic N) is 6. The van der Waals surface area contributed by atoms with E-state index in [0.29, 0.717) is 0 Å². The second kappa shape index (κ2) is 5.61. The number of rotatable bonds is 3. The second-order valence-corrected chi connectivity index (χ2v) is 4.00. The van der Waals surface area contributed by atoms with Gasteiger partial charge in [-0.2, -0.15) is 29.9 Å². The maximum Gasteiger partial charge on any atom is 0.247 e. The SMILES string of the molecule is Clc1nc(Cl)nc(NNc2nc(Cl)nc(Cl)n2)n1. The average molecular weight is 328 g/mol. The third-order valence-electron chi connectivity index (χ3n) is 1.45. The highest BCUT2D eigenvalue weighted by Gasteiger charge is 2.05. The minimum absolute atomic E-state index is 0.0639. The Morgan fingerprint density at radius 3 is 1.06 bits per heavy atom. The Hall–Kier alpha value is -1.22. The first-order valence-electron chi connectivity index (χ1n) is 4.19. The average Bonchev–Trinajstić information content (AvgIpc) is 2.23. The molecule has 2 aromatic heterocycles. The van der Waals surface area contributed by atoms with Gasteiger partial charge in [0.2, 0.25) is 33.0 Å². The summed E-state index contributed by atoms with van der Waals surface area (Å²) < 4.78 is 0. The lowest BCUT2D eigenvalue weighted by Crippen LogP contribution is -2.15. The molecule has 0 aliphatic carbocycles. The van der Waals surface area contributed by atoms with Crippen LogP contribution in [0.1, 0.15) is 0 Å². The molecule has 0 bridgehead atoms. The van der Waals surface area contributed by atoms with Gasteiger partial charge in [0.05, 0.1) is 0 Å². The lowest BCUT2D eigenvalue weighted by molar-refractivity contribution is 1.01. The quantitative estimate of drug-likeness (QED) is 0.826. The van der Waals surface area contributed by atoms with Crippen LogP contribution < -0.4 is 10.9 Å². The highest BCUT2D eigenvalue weighted by Crippen LogP contribution is 2.11. The predicted molar refractivity (Wildman–Crippen MR) is 66.9 cm³/mol. The van der Waals surface area contributed by atoms with Crippen molar-refractivity contribution in [3.8, 4) is 0 Å². The van der Waals surface area contributed by atoms with Crippen LogP contribution in [0.2, 0.25) is 21.1 Å². The third-order valence-corrected chi connectivity index (χ3v) is 2.12. The van der Waals surface area contributed by atoms with Gasteiger partial charge in [-0.05, 0) is 46.4 Å². The molecule has 0 saturated carbocycles. The standard InChI is InChI=1S/C6H2Cl4N8/c7-1-11-2(8)14-5(13-1)17-18-6-15-3(9)12-4(10)16-6/h(H,11,13,14,17)(H,12,15,16,18). The number of hydrogen-bond donors (Lipinski definition) is 2. The molecule has 18 heavy (non-hydrogen) atoms. The fraction of sp³-hybridized carbons (Fsp3) is 0. The molecular weight excluding hydrogens is 326 g/mol. The van der Waals surface area contributed by atoms with E-state index in [1.807, 2.05) is 0 Å². The van der Waals surface area contributed by atoms with E-state index in [2.05, 4.69) is 40.8 Å². The van der Waals surface area contributed by atoms with Crippen molar-refractivity contribution in [3.63, 3.8) is 0 Å². The molecule has 2 heterocycles. The largest absolute Gasteiger partial charge is 0.265 e. The monoisotopic (exact) mass is 326 g/mol. The van der Waals surface area contributed by atoms with Gasteiger partial charge in [0.25, 0.3) is 0 Å². The van der Waals surface area contributed by atoms with Gasteiger partial charge >= 0.3 is 0 Å². The Kier molecular flexibility index (Phi) is 4.12. The van der Waals surface area contributed by atoms with E-state index in [0.717, 1.165) is 0 Å². The van der Waals surface area contributed by atoms with E-state index in [1.54, 1.807) is 0 Å². The van der Waals surface area contributed by atoms with Crippen molar-refractivity contribution in [2.24, 2.45) is 0 Å².